The molecule has 0 saturated heterocycles. The first-order valence-corrected chi connectivity index (χ1v) is 7.04. The minimum Gasteiger partial charge on any atom is -0.349 e. The molecule has 0 bridgehead atoms. The molecular weight excluding hydrogens is 302 g/mol. The monoisotopic (exact) mass is 323 g/mol. The maximum atomic E-state index is 11.8. The van der Waals surface area contributed by atoms with Gasteiger partial charge in [0.05, 0.1) is 6.54 Å². The highest BCUT2D eigenvalue weighted by Crippen LogP contribution is 2.22. The highest BCUT2D eigenvalue weighted by molar-refractivity contribution is 5.85. The minimum atomic E-state index is -0.802. The lowest BCUT2D eigenvalue weighted by atomic mass is 10.1. The van der Waals surface area contributed by atoms with E-state index in [0.29, 0.717) is 13.0 Å². The van der Waals surface area contributed by atoms with Gasteiger partial charge in [0.1, 0.15) is 6.61 Å². The summed E-state index contributed by atoms with van der Waals surface area (Å²) < 4.78 is 11.0. The predicted molar refractivity (Wildman–Crippen MR) is 89.0 cm³/mol. The molecular formula is C17H22ClNO3. The molecule has 2 rings (SSSR count). The normalized spacial score (nSPS) is 19.7. The number of ether oxygens (including phenoxy) is 2. The Kier molecular flexibility index (Phi) is 8.06. The largest absolute Gasteiger partial charge is 0.349 e. The molecule has 1 N–H and O–H groups in total. The lowest BCUT2D eigenvalue weighted by Crippen LogP contribution is -2.36. The lowest BCUT2D eigenvalue weighted by Gasteiger charge is -2.29. The van der Waals surface area contributed by atoms with Gasteiger partial charge in [0, 0.05) is 20.1 Å². The van der Waals surface area contributed by atoms with E-state index in [-0.39, 0.29) is 31.3 Å². The zero-order valence-electron chi connectivity index (χ0n) is 12.7. The van der Waals surface area contributed by atoms with Crippen LogP contribution in [0, 0.1) is 0 Å². The Balaban J connectivity index is 0.00000242. The zero-order valence-corrected chi connectivity index (χ0v) is 13.5. The summed E-state index contributed by atoms with van der Waals surface area (Å²) in [6.07, 6.45) is 8.21. The van der Waals surface area contributed by atoms with Crippen molar-refractivity contribution in [3.05, 3.63) is 60.2 Å². The van der Waals surface area contributed by atoms with Crippen molar-refractivity contribution >= 4 is 18.2 Å². The first-order chi connectivity index (χ1) is 10.2. The molecule has 4 nitrogen and oxygen atoms in total. The van der Waals surface area contributed by atoms with E-state index < -0.39 is 5.79 Å². The third-order valence-electron chi connectivity index (χ3n) is 3.32. The van der Waals surface area contributed by atoms with Gasteiger partial charge in [-0.15, -0.1) is 12.4 Å². The van der Waals surface area contributed by atoms with Crippen molar-refractivity contribution in [3.8, 4) is 0 Å². The van der Waals surface area contributed by atoms with E-state index in [0.717, 1.165) is 5.56 Å². The van der Waals surface area contributed by atoms with Crippen molar-refractivity contribution in [1.29, 1.82) is 0 Å². The fourth-order valence-corrected chi connectivity index (χ4v) is 2.09. The van der Waals surface area contributed by atoms with Crippen LogP contribution < -0.4 is 5.32 Å². The molecule has 1 atom stereocenters. The van der Waals surface area contributed by atoms with Crippen molar-refractivity contribution in [2.24, 2.45) is 0 Å². The number of carbonyl (C=O) groups excluding carboxylic acids is 1. The quantitative estimate of drug-likeness (QED) is 0.747. The van der Waals surface area contributed by atoms with Crippen molar-refractivity contribution in [1.82, 2.24) is 5.32 Å². The maximum absolute atomic E-state index is 11.8. The number of hydrogen-bond acceptors (Lipinski definition) is 4. The average Bonchev–Trinajstić information content (AvgIpc) is 2.55. The summed E-state index contributed by atoms with van der Waals surface area (Å²) in [4.78, 5) is 11.8. The van der Waals surface area contributed by atoms with Crippen molar-refractivity contribution in [2.45, 2.75) is 18.8 Å². The van der Waals surface area contributed by atoms with Crippen LogP contribution in [0.5, 0.6) is 0 Å². The zero-order chi connectivity index (χ0) is 15.0. The Morgan fingerprint density at radius 3 is 2.68 bits per heavy atom. The van der Waals surface area contributed by atoms with Gasteiger partial charge in [-0.1, -0.05) is 48.6 Å². The van der Waals surface area contributed by atoms with Crippen LogP contribution in [-0.4, -0.2) is 31.8 Å². The molecule has 0 heterocycles. The molecule has 1 unspecified atom stereocenters. The number of carbonyl (C=O) groups is 1. The number of benzene rings is 1. The van der Waals surface area contributed by atoms with Crippen LogP contribution in [0.1, 0.15) is 12.0 Å². The van der Waals surface area contributed by atoms with Crippen LogP contribution in [-0.2, 0) is 20.8 Å². The van der Waals surface area contributed by atoms with E-state index in [4.69, 9.17) is 9.47 Å². The molecule has 5 heteroatoms. The number of halogens is 1. The summed E-state index contributed by atoms with van der Waals surface area (Å²) in [5.74, 6) is -0.797. The van der Waals surface area contributed by atoms with Gasteiger partial charge < -0.3 is 14.8 Å². The second-order valence-corrected chi connectivity index (χ2v) is 4.92. The van der Waals surface area contributed by atoms with Gasteiger partial charge in [-0.25, -0.2) is 0 Å². The minimum absolute atomic E-state index is 0. The van der Waals surface area contributed by atoms with Crippen LogP contribution in [0.25, 0.3) is 0 Å². The van der Waals surface area contributed by atoms with E-state index in [9.17, 15) is 4.79 Å². The van der Waals surface area contributed by atoms with E-state index >= 15 is 0 Å². The Labute approximate surface area is 137 Å². The second-order valence-electron chi connectivity index (χ2n) is 4.92. The number of nitrogens with one attached hydrogen (secondary N) is 1. The van der Waals surface area contributed by atoms with Crippen LogP contribution in [0.3, 0.4) is 0 Å². The number of ketones is 1. The van der Waals surface area contributed by atoms with E-state index in [1.807, 2.05) is 54.6 Å². The van der Waals surface area contributed by atoms with Gasteiger partial charge >= 0.3 is 0 Å². The molecule has 0 aromatic heterocycles. The topological polar surface area (TPSA) is 47.6 Å². The number of Topliss-reactive ketones (excluding diaryl/α,β-unsaturated/α-hetero) is 1. The molecule has 0 saturated carbocycles. The van der Waals surface area contributed by atoms with Crippen molar-refractivity contribution < 1.29 is 14.3 Å². The molecule has 0 aliphatic heterocycles. The van der Waals surface area contributed by atoms with Crippen LogP contribution in [0.2, 0.25) is 0 Å². The molecule has 22 heavy (non-hydrogen) atoms. The lowest BCUT2D eigenvalue weighted by molar-refractivity contribution is -0.188. The Hall–Kier alpha value is -1.46. The van der Waals surface area contributed by atoms with Gasteiger partial charge in [0.2, 0.25) is 0 Å². The Bertz CT molecular complexity index is 516. The summed E-state index contributed by atoms with van der Waals surface area (Å²) in [5.41, 5.74) is 1.15. The smallest absolute Gasteiger partial charge is 0.191 e. The third kappa shape index (κ3) is 5.73. The first kappa shape index (κ1) is 18.6. The molecule has 0 fully saturated rings. The van der Waals surface area contributed by atoms with Gasteiger partial charge in [0.25, 0.3) is 0 Å². The molecule has 0 spiro atoms. The molecule has 1 aliphatic carbocycles. The third-order valence-corrected chi connectivity index (χ3v) is 3.32. The van der Waals surface area contributed by atoms with Crippen LogP contribution >= 0.6 is 12.4 Å². The van der Waals surface area contributed by atoms with Crippen molar-refractivity contribution in [2.75, 3.05) is 20.3 Å². The molecule has 0 radical (unpaired) electrons. The van der Waals surface area contributed by atoms with E-state index in [2.05, 4.69) is 5.32 Å². The predicted octanol–water partition coefficient (Wildman–Crippen LogP) is 2.64. The van der Waals surface area contributed by atoms with Gasteiger partial charge in [-0.05, 0) is 11.6 Å². The molecule has 1 aromatic rings. The van der Waals surface area contributed by atoms with E-state index in [1.165, 1.54) is 0 Å². The van der Waals surface area contributed by atoms with Crippen LogP contribution in [0.15, 0.2) is 54.6 Å². The maximum Gasteiger partial charge on any atom is 0.191 e. The van der Waals surface area contributed by atoms with Gasteiger partial charge in [-0.2, -0.15) is 0 Å². The van der Waals surface area contributed by atoms with Gasteiger partial charge in [0.15, 0.2) is 11.6 Å². The number of methoxy groups -OCH3 is 1. The molecule has 0 amide bonds. The fourth-order valence-electron chi connectivity index (χ4n) is 2.09. The van der Waals surface area contributed by atoms with Crippen LogP contribution in [0.4, 0.5) is 0 Å². The Morgan fingerprint density at radius 2 is 2.05 bits per heavy atom. The standard InChI is InChI=1S/C17H21NO3.ClH/c1-20-17(10-6-3-7-11-17)21-14-16(19)13-18-12-15-8-4-2-5-9-15;/h2-10,18H,11-14H2,1H3;1H. The highest BCUT2D eigenvalue weighted by atomic mass is 35.5. The summed E-state index contributed by atoms with van der Waals surface area (Å²) in [7, 11) is 1.58. The number of rotatable bonds is 8. The van der Waals surface area contributed by atoms with Crippen molar-refractivity contribution in [3.63, 3.8) is 0 Å². The number of hydrogen-bond donors (Lipinski definition) is 1. The Morgan fingerprint density at radius 1 is 1.27 bits per heavy atom. The fraction of sp³-hybridized carbons (Fsp3) is 0.353. The summed E-state index contributed by atoms with van der Waals surface area (Å²) in [6.45, 7) is 0.993. The molecule has 1 aromatic carbocycles. The highest BCUT2D eigenvalue weighted by Gasteiger charge is 2.28. The first-order valence-electron chi connectivity index (χ1n) is 7.04. The summed E-state index contributed by atoms with van der Waals surface area (Å²) in [6, 6.07) is 9.97. The van der Waals surface area contributed by atoms with Gasteiger partial charge in [-0.3, -0.25) is 4.79 Å². The molecule has 120 valence electrons. The molecule has 1 aliphatic rings. The SMILES string of the molecule is COC1(OCC(=O)CNCc2ccccc2)C=CC=CC1.Cl. The second kappa shape index (κ2) is 9.54. The summed E-state index contributed by atoms with van der Waals surface area (Å²) in [5, 5.41) is 3.12. The average molecular weight is 324 g/mol. The number of allylic oxidation sites excluding steroid dienone is 2. The summed E-state index contributed by atoms with van der Waals surface area (Å²) >= 11 is 0. The van der Waals surface area contributed by atoms with E-state index in [1.54, 1.807) is 7.11 Å².